The van der Waals surface area contributed by atoms with Crippen LogP contribution in [0.3, 0.4) is 0 Å². The van der Waals surface area contributed by atoms with Gasteiger partial charge in [-0.15, -0.1) is 0 Å². The molecule has 1 unspecified atom stereocenters. The molecule has 1 aromatic carbocycles. The lowest BCUT2D eigenvalue weighted by Gasteiger charge is -2.22. The molecule has 0 aromatic heterocycles. The third kappa shape index (κ3) is 3.05. The number of halogens is 1. The van der Waals surface area contributed by atoms with Crippen molar-refractivity contribution < 1.29 is 8.42 Å². The van der Waals surface area contributed by atoms with Gasteiger partial charge in [0.05, 0.1) is 11.4 Å². The van der Waals surface area contributed by atoms with Crippen LogP contribution in [0.2, 0.25) is 0 Å². The molecule has 0 saturated carbocycles. The van der Waals surface area contributed by atoms with Crippen LogP contribution in [-0.4, -0.2) is 33.8 Å². The summed E-state index contributed by atoms with van der Waals surface area (Å²) in [6, 6.07) is 7.42. The molecule has 18 heavy (non-hydrogen) atoms. The van der Waals surface area contributed by atoms with Crippen LogP contribution in [0.15, 0.2) is 28.7 Å². The maximum Gasteiger partial charge on any atom is 0.236 e. The average molecular weight is 333 g/mol. The van der Waals surface area contributed by atoms with Crippen molar-refractivity contribution in [3.63, 3.8) is 0 Å². The number of hydrogen-bond donors (Lipinski definition) is 1. The van der Waals surface area contributed by atoms with E-state index in [4.69, 9.17) is 0 Å². The number of para-hydroxylation sites is 1. The maximum atomic E-state index is 12.3. The highest BCUT2D eigenvalue weighted by atomic mass is 79.9. The summed E-state index contributed by atoms with van der Waals surface area (Å²) < 4.78 is 26.8. The fourth-order valence-electron chi connectivity index (χ4n) is 2.12. The normalized spacial score (nSPS) is 20.0. The van der Waals surface area contributed by atoms with E-state index in [9.17, 15) is 8.42 Å². The van der Waals surface area contributed by atoms with Crippen molar-refractivity contribution in [2.24, 2.45) is 0 Å². The lowest BCUT2D eigenvalue weighted by molar-refractivity contribution is 0.575. The average Bonchev–Trinajstić information content (AvgIpc) is 2.81. The molecule has 2 rings (SSSR count). The van der Waals surface area contributed by atoms with E-state index in [2.05, 4.69) is 21.2 Å². The number of nitrogens with zero attached hydrogens (tertiary/aromatic N) is 1. The second-order valence-corrected chi connectivity index (χ2v) is 7.39. The van der Waals surface area contributed by atoms with E-state index < -0.39 is 10.0 Å². The van der Waals surface area contributed by atoms with Crippen LogP contribution in [0, 0.1) is 0 Å². The fraction of sp³-hybridized carbons (Fsp3) is 0.500. The smallest absolute Gasteiger partial charge is 0.236 e. The molecule has 0 aliphatic carbocycles. The maximum absolute atomic E-state index is 12.3. The van der Waals surface area contributed by atoms with Crippen molar-refractivity contribution >= 4 is 31.6 Å². The predicted octanol–water partition coefficient (Wildman–Crippen LogP) is 1.97. The van der Waals surface area contributed by atoms with Gasteiger partial charge in [-0.1, -0.05) is 12.1 Å². The van der Waals surface area contributed by atoms with Crippen molar-refractivity contribution in [2.75, 3.05) is 23.7 Å². The number of rotatable bonds is 4. The Morgan fingerprint density at radius 3 is 2.78 bits per heavy atom. The lowest BCUT2D eigenvalue weighted by Crippen LogP contribution is -2.37. The molecule has 1 atom stereocenters. The standard InChI is InChI=1S/C12H17BrN2O2S/c1-15(12-7-3-2-6-11(12)13)18(16,17)9-10-5-4-8-14-10/h2-3,6-7,10,14H,4-5,8-9H2,1H3. The van der Waals surface area contributed by atoms with Gasteiger partial charge < -0.3 is 5.32 Å². The van der Waals surface area contributed by atoms with Gasteiger partial charge in [0.15, 0.2) is 0 Å². The third-order valence-corrected chi connectivity index (χ3v) is 5.71. The van der Waals surface area contributed by atoms with Gasteiger partial charge in [-0.05, 0) is 47.4 Å². The molecule has 0 spiro atoms. The molecular formula is C12H17BrN2O2S. The Balaban J connectivity index is 2.16. The van der Waals surface area contributed by atoms with Gasteiger partial charge in [-0.3, -0.25) is 4.31 Å². The lowest BCUT2D eigenvalue weighted by atomic mass is 10.3. The Kier molecular flexibility index (Phi) is 4.29. The van der Waals surface area contributed by atoms with Crippen LogP contribution in [0.5, 0.6) is 0 Å². The molecule has 1 aliphatic heterocycles. The molecular weight excluding hydrogens is 316 g/mol. The first kappa shape index (κ1) is 13.8. The minimum atomic E-state index is -3.28. The van der Waals surface area contributed by atoms with Crippen LogP contribution in [-0.2, 0) is 10.0 Å². The van der Waals surface area contributed by atoms with E-state index in [0.29, 0.717) is 5.69 Å². The number of sulfonamides is 1. The van der Waals surface area contributed by atoms with Crippen LogP contribution in [0.1, 0.15) is 12.8 Å². The molecule has 0 bridgehead atoms. The Morgan fingerprint density at radius 1 is 1.44 bits per heavy atom. The summed E-state index contributed by atoms with van der Waals surface area (Å²) in [5.74, 6) is 0.158. The summed E-state index contributed by atoms with van der Waals surface area (Å²) in [7, 11) is -1.68. The molecule has 1 aliphatic rings. The SMILES string of the molecule is CN(c1ccccc1Br)S(=O)(=O)CC1CCCN1. The highest BCUT2D eigenvalue weighted by Crippen LogP contribution is 2.27. The minimum absolute atomic E-state index is 0.0833. The summed E-state index contributed by atoms with van der Waals surface area (Å²) in [5.41, 5.74) is 0.676. The molecule has 1 N–H and O–H groups in total. The number of hydrogen-bond acceptors (Lipinski definition) is 3. The molecule has 1 aromatic rings. The van der Waals surface area contributed by atoms with E-state index in [-0.39, 0.29) is 11.8 Å². The molecule has 100 valence electrons. The van der Waals surface area contributed by atoms with Gasteiger partial charge in [0, 0.05) is 17.6 Å². The minimum Gasteiger partial charge on any atom is -0.313 e. The van der Waals surface area contributed by atoms with Crippen molar-refractivity contribution in [3.05, 3.63) is 28.7 Å². The summed E-state index contributed by atoms with van der Waals surface area (Å²) in [6.45, 7) is 0.916. The zero-order valence-electron chi connectivity index (χ0n) is 10.3. The molecule has 0 amide bonds. The summed E-state index contributed by atoms with van der Waals surface area (Å²) >= 11 is 3.38. The second kappa shape index (κ2) is 5.59. The van der Waals surface area contributed by atoms with Crippen molar-refractivity contribution in [2.45, 2.75) is 18.9 Å². The highest BCUT2D eigenvalue weighted by molar-refractivity contribution is 9.10. The first-order valence-electron chi connectivity index (χ1n) is 5.95. The molecule has 1 heterocycles. The quantitative estimate of drug-likeness (QED) is 0.917. The Labute approximate surface area is 117 Å². The largest absolute Gasteiger partial charge is 0.313 e. The van der Waals surface area contributed by atoms with Gasteiger partial charge in [-0.2, -0.15) is 0 Å². The molecule has 1 saturated heterocycles. The second-order valence-electron chi connectivity index (χ2n) is 4.49. The first-order chi connectivity index (χ1) is 8.50. The van der Waals surface area contributed by atoms with E-state index in [0.717, 1.165) is 23.9 Å². The number of anilines is 1. The van der Waals surface area contributed by atoms with Gasteiger partial charge in [0.25, 0.3) is 0 Å². The number of benzene rings is 1. The van der Waals surface area contributed by atoms with Crippen LogP contribution >= 0.6 is 15.9 Å². The number of nitrogens with one attached hydrogen (secondary N) is 1. The molecule has 6 heteroatoms. The fourth-order valence-corrected chi connectivity index (χ4v) is 4.27. The van der Waals surface area contributed by atoms with Crippen molar-refractivity contribution in [1.29, 1.82) is 0 Å². The Morgan fingerprint density at radius 2 is 2.17 bits per heavy atom. The predicted molar refractivity (Wildman–Crippen MR) is 77.4 cm³/mol. The summed E-state index contributed by atoms with van der Waals surface area (Å²) in [4.78, 5) is 0. The topological polar surface area (TPSA) is 49.4 Å². The Hall–Kier alpha value is -0.590. The Bertz CT molecular complexity index is 513. The van der Waals surface area contributed by atoms with E-state index in [1.807, 2.05) is 18.2 Å². The zero-order chi connectivity index (χ0) is 13.2. The molecule has 0 radical (unpaired) electrons. The van der Waals surface area contributed by atoms with Gasteiger partial charge in [0.1, 0.15) is 0 Å². The van der Waals surface area contributed by atoms with Crippen molar-refractivity contribution in [1.82, 2.24) is 5.32 Å². The monoisotopic (exact) mass is 332 g/mol. The van der Waals surface area contributed by atoms with Gasteiger partial charge in [0.2, 0.25) is 10.0 Å². The van der Waals surface area contributed by atoms with Gasteiger partial charge in [-0.25, -0.2) is 8.42 Å². The first-order valence-corrected chi connectivity index (χ1v) is 8.35. The molecule has 1 fully saturated rings. The highest BCUT2D eigenvalue weighted by Gasteiger charge is 2.26. The van der Waals surface area contributed by atoms with Crippen LogP contribution in [0.25, 0.3) is 0 Å². The zero-order valence-corrected chi connectivity index (χ0v) is 12.7. The van der Waals surface area contributed by atoms with E-state index in [1.165, 1.54) is 4.31 Å². The van der Waals surface area contributed by atoms with E-state index >= 15 is 0 Å². The molecule has 4 nitrogen and oxygen atoms in total. The van der Waals surface area contributed by atoms with Crippen LogP contribution < -0.4 is 9.62 Å². The van der Waals surface area contributed by atoms with Gasteiger partial charge >= 0.3 is 0 Å². The van der Waals surface area contributed by atoms with E-state index in [1.54, 1.807) is 13.1 Å². The third-order valence-electron chi connectivity index (χ3n) is 3.18. The summed E-state index contributed by atoms with van der Waals surface area (Å²) in [6.07, 6.45) is 1.99. The summed E-state index contributed by atoms with van der Waals surface area (Å²) in [5, 5.41) is 3.22. The van der Waals surface area contributed by atoms with Crippen molar-refractivity contribution in [3.8, 4) is 0 Å². The van der Waals surface area contributed by atoms with Crippen LogP contribution in [0.4, 0.5) is 5.69 Å².